The summed E-state index contributed by atoms with van der Waals surface area (Å²) in [5.41, 5.74) is 2.04. The molecule has 3 heterocycles. The van der Waals surface area contributed by atoms with Gasteiger partial charge in [0, 0.05) is 52.4 Å². The van der Waals surface area contributed by atoms with Crippen molar-refractivity contribution in [2.24, 2.45) is 11.8 Å². The predicted octanol–water partition coefficient (Wildman–Crippen LogP) is 2.35. The highest BCUT2D eigenvalue weighted by molar-refractivity contribution is 5.95. The van der Waals surface area contributed by atoms with Gasteiger partial charge in [-0.15, -0.1) is 0 Å². The zero-order valence-electron chi connectivity index (χ0n) is 19.8. The van der Waals surface area contributed by atoms with Crippen LogP contribution < -0.4 is 10.2 Å². The summed E-state index contributed by atoms with van der Waals surface area (Å²) in [5.74, 6) is 1.48. The number of anilines is 2. The standard InChI is InChI=1S/C25H39N5O2/c1-20-15-21(2)17-30(16-20)25(32)19-28-13-11-27(12-14-28)18-24(31)26-22-7-3-4-8-23(22)29-9-5-6-10-29/h3-4,7-8,20-21H,5-6,9-19H2,1-2H3,(H,26,31). The molecule has 4 rings (SSSR count). The highest BCUT2D eigenvalue weighted by Crippen LogP contribution is 2.28. The second-order valence-electron chi connectivity index (χ2n) is 10.1. The highest BCUT2D eigenvalue weighted by Gasteiger charge is 2.28. The molecule has 1 aromatic carbocycles. The Morgan fingerprint density at radius 2 is 1.47 bits per heavy atom. The van der Waals surface area contributed by atoms with Crippen LogP contribution in [-0.4, -0.2) is 92.0 Å². The van der Waals surface area contributed by atoms with E-state index in [0.717, 1.165) is 63.7 Å². The number of nitrogens with one attached hydrogen (secondary N) is 1. The first-order chi connectivity index (χ1) is 15.5. The van der Waals surface area contributed by atoms with Gasteiger partial charge in [-0.3, -0.25) is 19.4 Å². The van der Waals surface area contributed by atoms with E-state index in [1.807, 2.05) is 18.2 Å². The summed E-state index contributed by atoms with van der Waals surface area (Å²) in [6.07, 6.45) is 3.64. The monoisotopic (exact) mass is 441 g/mol. The number of likely N-dealkylation sites (tertiary alicyclic amines) is 1. The summed E-state index contributed by atoms with van der Waals surface area (Å²) in [5, 5.41) is 3.13. The number of rotatable bonds is 6. The van der Waals surface area contributed by atoms with E-state index in [4.69, 9.17) is 0 Å². The van der Waals surface area contributed by atoms with Crippen LogP contribution >= 0.6 is 0 Å². The van der Waals surface area contributed by atoms with Gasteiger partial charge in [-0.2, -0.15) is 0 Å². The lowest BCUT2D eigenvalue weighted by molar-refractivity contribution is -0.135. The van der Waals surface area contributed by atoms with Gasteiger partial charge in [-0.1, -0.05) is 26.0 Å². The van der Waals surface area contributed by atoms with Crippen LogP contribution in [0.1, 0.15) is 33.1 Å². The number of piperazine rings is 1. The maximum absolute atomic E-state index is 12.8. The van der Waals surface area contributed by atoms with Crippen molar-refractivity contribution in [2.45, 2.75) is 33.1 Å². The molecular formula is C25H39N5O2. The molecule has 0 bridgehead atoms. The van der Waals surface area contributed by atoms with Crippen molar-refractivity contribution in [2.75, 3.05) is 75.7 Å². The van der Waals surface area contributed by atoms with E-state index in [1.54, 1.807) is 0 Å². The fraction of sp³-hybridized carbons (Fsp3) is 0.680. The van der Waals surface area contributed by atoms with Crippen molar-refractivity contribution < 1.29 is 9.59 Å². The zero-order valence-corrected chi connectivity index (χ0v) is 19.8. The number of nitrogens with zero attached hydrogens (tertiary/aromatic N) is 4. The van der Waals surface area contributed by atoms with Crippen molar-refractivity contribution >= 4 is 23.2 Å². The number of benzene rings is 1. The van der Waals surface area contributed by atoms with Crippen molar-refractivity contribution in [3.8, 4) is 0 Å². The minimum absolute atomic E-state index is 0.0393. The van der Waals surface area contributed by atoms with Gasteiger partial charge in [0.25, 0.3) is 0 Å². The lowest BCUT2D eigenvalue weighted by Gasteiger charge is -2.38. The average molecular weight is 442 g/mol. The molecule has 1 aromatic rings. The molecular weight excluding hydrogens is 402 g/mol. The molecule has 0 saturated carbocycles. The third kappa shape index (κ3) is 6.01. The number of hydrogen-bond donors (Lipinski definition) is 1. The SMILES string of the molecule is CC1CC(C)CN(C(=O)CN2CCN(CC(=O)Nc3ccccc3N3CCCC3)CC2)C1. The Balaban J connectivity index is 1.21. The maximum atomic E-state index is 12.8. The van der Waals surface area contributed by atoms with Gasteiger partial charge in [0.2, 0.25) is 11.8 Å². The molecule has 0 radical (unpaired) electrons. The molecule has 3 saturated heterocycles. The van der Waals surface area contributed by atoms with Gasteiger partial charge in [0.15, 0.2) is 0 Å². The summed E-state index contributed by atoms with van der Waals surface area (Å²) < 4.78 is 0. The van der Waals surface area contributed by atoms with Crippen LogP contribution in [0, 0.1) is 11.8 Å². The van der Waals surface area contributed by atoms with Crippen molar-refractivity contribution in [1.82, 2.24) is 14.7 Å². The van der Waals surface area contributed by atoms with Gasteiger partial charge in [-0.25, -0.2) is 0 Å². The number of hydrogen-bond acceptors (Lipinski definition) is 5. The second-order valence-corrected chi connectivity index (χ2v) is 10.1. The Labute approximate surface area is 192 Å². The summed E-state index contributed by atoms with van der Waals surface area (Å²) in [4.78, 5) is 34.3. The normalized spacial score (nSPS) is 25.2. The molecule has 2 atom stereocenters. The lowest BCUT2D eigenvalue weighted by Crippen LogP contribution is -2.52. The topological polar surface area (TPSA) is 59.1 Å². The van der Waals surface area contributed by atoms with Gasteiger partial charge >= 0.3 is 0 Å². The van der Waals surface area contributed by atoms with E-state index >= 15 is 0 Å². The Morgan fingerprint density at radius 1 is 0.875 bits per heavy atom. The summed E-state index contributed by atoms with van der Waals surface area (Å²) in [7, 11) is 0. The molecule has 2 amide bonds. The predicted molar refractivity (Wildman–Crippen MR) is 129 cm³/mol. The number of amides is 2. The van der Waals surface area contributed by atoms with Crippen molar-refractivity contribution in [3.05, 3.63) is 24.3 Å². The summed E-state index contributed by atoms with van der Waals surface area (Å²) >= 11 is 0. The minimum atomic E-state index is 0.0393. The molecule has 1 N–H and O–H groups in total. The van der Waals surface area contributed by atoms with Crippen LogP contribution in [0.25, 0.3) is 0 Å². The molecule has 3 fully saturated rings. The number of piperidine rings is 1. The third-order valence-electron chi connectivity index (χ3n) is 7.04. The molecule has 3 aliphatic heterocycles. The maximum Gasteiger partial charge on any atom is 0.238 e. The van der Waals surface area contributed by atoms with E-state index in [9.17, 15) is 9.59 Å². The minimum Gasteiger partial charge on any atom is -0.370 e. The highest BCUT2D eigenvalue weighted by atomic mass is 16.2. The van der Waals surface area contributed by atoms with Crippen LogP contribution in [0.2, 0.25) is 0 Å². The average Bonchev–Trinajstić information content (AvgIpc) is 3.29. The molecule has 7 nitrogen and oxygen atoms in total. The molecule has 3 aliphatic rings. The fourth-order valence-electron chi connectivity index (χ4n) is 5.47. The Bertz CT molecular complexity index is 776. The van der Waals surface area contributed by atoms with Gasteiger partial charge in [0.05, 0.1) is 24.5 Å². The third-order valence-corrected chi connectivity index (χ3v) is 7.04. The van der Waals surface area contributed by atoms with Crippen LogP contribution in [0.15, 0.2) is 24.3 Å². The van der Waals surface area contributed by atoms with Crippen LogP contribution in [0.4, 0.5) is 11.4 Å². The molecule has 32 heavy (non-hydrogen) atoms. The molecule has 2 unspecified atom stereocenters. The summed E-state index contributed by atoms with van der Waals surface area (Å²) in [6, 6.07) is 8.11. The van der Waals surface area contributed by atoms with Gasteiger partial charge in [0.1, 0.15) is 0 Å². The van der Waals surface area contributed by atoms with Gasteiger partial charge < -0.3 is 15.1 Å². The van der Waals surface area contributed by atoms with Gasteiger partial charge in [-0.05, 0) is 43.2 Å². The zero-order chi connectivity index (χ0) is 22.5. The lowest BCUT2D eigenvalue weighted by atomic mass is 9.92. The molecule has 0 aliphatic carbocycles. The number of carbonyl (C=O) groups excluding carboxylic acids is 2. The van der Waals surface area contributed by atoms with Crippen LogP contribution in [0.5, 0.6) is 0 Å². The fourth-order valence-corrected chi connectivity index (χ4v) is 5.47. The Morgan fingerprint density at radius 3 is 2.12 bits per heavy atom. The van der Waals surface area contributed by atoms with Crippen LogP contribution in [0.3, 0.4) is 0 Å². The molecule has 0 aromatic heterocycles. The number of para-hydroxylation sites is 2. The van der Waals surface area contributed by atoms with E-state index in [2.05, 4.69) is 44.8 Å². The first kappa shape index (κ1) is 23.1. The van der Waals surface area contributed by atoms with E-state index in [1.165, 1.54) is 19.3 Å². The first-order valence-electron chi connectivity index (χ1n) is 12.3. The smallest absolute Gasteiger partial charge is 0.238 e. The van der Waals surface area contributed by atoms with Crippen molar-refractivity contribution in [3.63, 3.8) is 0 Å². The van der Waals surface area contributed by atoms with Crippen LogP contribution in [-0.2, 0) is 9.59 Å². The quantitative estimate of drug-likeness (QED) is 0.734. The molecule has 0 spiro atoms. The van der Waals surface area contributed by atoms with E-state index in [0.29, 0.717) is 24.9 Å². The molecule has 176 valence electrons. The largest absolute Gasteiger partial charge is 0.370 e. The first-order valence-corrected chi connectivity index (χ1v) is 12.3. The Hall–Kier alpha value is -2.12. The van der Waals surface area contributed by atoms with E-state index < -0.39 is 0 Å². The molecule has 7 heteroatoms. The second kappa shape index (κ2) is 10.7. The van der Waals surface area contributed by atoms with Crippen molar-refractivity contribution in [1.29, 1.82) is 0 Å². The number of carbonyl (C=O) groups is 2. The van der Waals surface area contributed by atoms with E-state index in [-0.39, 0.29) is 11.8 Å². The Kier molecular flexibility index (Phi) is 7.68. The summed E-state index contributed by atoms with van der Waals surface area (Å²) in [6.45, 7) is 12.6.